The fourth-order valence-electron chi connectivity index (χ4n) is 2.95. The summed E-state index contributed by atoms with van der Waals surface area (Å²) in [4.78, 5) is 8.33. The van der Waals surface area contributed by atoms with Crippen LogP contribution in [0.15, 0.2) is 67.8 Å². The molecular weight excluding hydrogens is 300 g/mol. The smallest absolute Gasteiger partial charge is 0.160 e. The maximum atomic E-state index is 4.31. The zero-order valence-electron chi connectivity index (χ0n) is 13.5. The second kappa shape index (κ2) is 5.96. The molecule has 24 heavy (non-hydrogen) atoms. The first-order valence-electron chi connectivity index (χ1n) is 8.15. The number of imidazole rings is 1. The number of hydrogen-bond acceptors (Lipinski definition) is 5. The van der Waals surface area contributed by atoms with Crippen molar-refractivity contribution in [3.63, 3.8) is 0 Å². The van der Waals surface area contributed by atoms with Crippen molar-refractivity contribution in [2.75, 3.05) is 0 Å². The van der Waals surface area contributed by atoms with Gasteiger partial charge >= 0.3 is 0 Å². The highest BCUT2D eigenvalue weighted by Gasteiger charge is 2.28. The molecule has 1 fully saturated rings. The van der Waals surface area contributed by atoms with E-state index >= 15 is 0 Å². The highest BCUT2D eigenvalue weighted by molar-refractivity contribution is 5.31. The topological polar surface area (TPSA) is 50.1 Å². The third kappa shape index (κ3) is 2.60. The van der Waals surface area contributed by atoms with E-state index in [1.165, 1.54) is 19.3 Å². The zero-order valence-corrected chi connectivity index (χ0v) is 13.5. The van der Waals surface area contributed by atoms with Crippen molar-refractivity contribution in [1.82, 2.24) is 29.5 Å². The molecule has 6 heteroatoms. The predicted octanol–water partition coefficient (Wildman–Crippen LogP) is 2.83. The molecule has 0 bridgehead atoms. The third-order valence-corrected chi connectivity index (χ3v) is 4.67. The fourth-order valence-corrected chi connectivity index (χ4v) is 2.95. The molecule has 6 nitrogen and oxygen atoms in total. The van der Waals surface area contributed by atoms with E-state index < -0.39 is 0 Å². The lowest BCUT2D eigenvalue weighted by Gasteiger charge is -2.42. The van der Waals surface area contributed by atoms with Gasteiger partial charge in [0.05, 0.1) is 23.6 Å². The van der Waals surface area contributed by atoms with Crippen LogP contribution in [0.2, 0.25) is 0 Å². The van der Waals surface area contributed by atoms with E-state index in [-0.39, 0.29) is 0 Å². The van der Waals surface area contributed by atoms with Gasteiger partial charge in [-0.1, -0.05) is 13.2 Å². The van der Waals surface area contributed by atoms with Crippen molar-refractivity contribution < 1.29 is 0 Å². The van der Waals surface area contributed by atoms with Gasteiger partial charge in [-0.2, -0.15) is 5.10 Å². The monoisotopic (exact) mass is 320 g/mol. The van der Waals surface area contributed by atoms with Crippen LogP contribution in [0.1, 0.15) is 25.0 Å². The van der Waals surface area contributed by atoms with Crippen LogP contribution in [0.3, 0.4) is 0 Å². The van der Waals surface area contributed by atoms with Gasteiger partial charge in [-0.25, -0.2) is 4.98 Å². The van der Waals surface area contributed by atoms with Crippen LogP contribution >= 0.6 is 0 Å². The van der Waals surface area contributed by atoms with E-state index in [4.69, 9.17) is 0 Å². The maximum Gasteiger partial charge on any atom is 0.160 e. The van der Waals surface area contributed by atoms with Gasteiger partial charge in [-0.15, -0.1) is 5.10 Å². The largest absolute Gasteiger partial charge is 0.342 e. The summed E-state index contributed by atoms with van der Waals surface area (Å²) in [6.45, 7) is 9.03. The molecule has 1 aliphatic carbocycles. The van der Waals surface area contributed by atoms with E-state index in [0.29, 0.717) is 12.6 Å². The highest BCUT2D eigenvalue weighted by atomic mass is 15.3. The Balaban J connectivity index is 1.47. The van der Waals surface area contributed by atoms with Crippen LogP contribution in [0.5, 0.6) is 0 Å². The van der Waals surface area contributed by atoms with Gasteiger partial charge in [-0.3, -0.25) is 4.57 Å². The van der Waals surface area contributed by atoms with Crippen molar-refractivity contribution in [3.05, 3.63) is 73.5 Å². The Morgan fingerprint density at radius 3 is 2.58 bits per heavy atom. The Kier molecular flexibility index (Phi) is 3.65. The second-order valence-electron chi connectivity index (χ2n) is 6.16. The lowest BCUT2D eigenvalue weighted by molar-refractivity contribution is 0.207. The predicted molar refractivity (Wildman–Crippen MR) is 91.6 cm³/mol. The summed E-state index contributed by atoms with van der Waals surface area (Å²) in [6, 6.07) is 4.50. The van der Waals surface area contributed by atoms with E-state index in [1.807, 2.05) is 22.9 Å². The molecule has 4 rings (SSSR count). The fraction of sp³-hybridized carbons (Fsp3) is 0.278. The van der Waals surface area contributed by atoms with E-state index in [2.05, 4.69) is 50.5 Å². The molecule has 0 N–H and O–H groups in total. The SMILES string of the molecule is C=C1C(=C)N(C2CCC2)C=CN1Cc1ccc(-n2ccnc2)nn1. The van der Waals surface area contributed by atoms with Crippen LogP contribution < -0.4 is 0 Å². The Hall–Kier alpha value is -2.89. The minimum atomic E-state index is 0.585. The van der Waals surface area contributed by atoms with Crippen molar-refractivity contribution in [1.29, 1.82) is 0 Å². The molecule has 1 saturated carbocycles. The molecule has 0 unspecified atom stereocenters. The number of rotatable bonds is 4. The molecule has 0 atom stereocenters. The van der Waals surface area contributed by atoms with E-state index in [9.17, 15) is 0 Å². The summed E-state index contributed by atoms with van der Waals surface area (Å²) in [5, 5.41) is 8.57. The van der Waals surface area contributed by atoms with Gasteiger partial charge in [0.2, 0.25) is 0 Å². The third-order valence-electron chi connectivity index (χ3n) is 4.67. The van der Waals surface area contributed by atoms with Crippen LogP contribution in [-0.4, -0.2) is 35.6 Å². The molecular formula is C18H20N6. The maximum absolute atomic E-state index is 4.31. The molecule has 0 saturated heterocycles. The molecule has 1 aliphatic heterocycles. The van der Waals surface area contributed by atoms with Crippen LogP contribution in [0, 0.1) is 0 Å². The minimum absolute atomic E-state index is 0.585. The Labute approximate surface area is 141 Å². The molecule has 2 aromatic heterocycles. The number of aromatic nitrogens is 4. The highest BCUT2D eigenvalue weighted by Crippen LogP contribution is 2.33. The standard InChI is InChI=1S/C18H20N6/c1-14-15(2)24(17-4-3-5-17)11-10-22(14)12-16-6-7-18(21-20-16)23-9-8-19-13-23/h6-11,13,17H,1-5,12H2. The summed E-state index contributed by atoms with van der Waals surface area (Å²) in [6.07, 6.45) is 13.2. The molecule has 3 heterocycles. The molecule has 2 aliphatic rings. The molecule has 122 valence electrons. The van der Waals surface area contributed by atoms with Crippen molar-refractivity contribution >= 4 is 0 Å². The number of hydrogen-bond donors (Lipinski definition) is 0. The Morgan fingerprint density at radius 2 is 1.96 bits per heavy atom. The first-order chi connectivity index (χ1) is 11.7. The van der Waals surface area contributed by atoms with Crippen LogP contribution in [0.25, 0.3) is 5.82 Å². The lowest BCUT2D eigenvalue weighted by atomic mass is 9.91. The summed E-state index contributed by atoms with van der Waals surface area (Å²) >= 11 is 0. The number of nitrogens with zero attached hydrogens (tertiary/aromatic N) is 6. The molecule has 0 radical (unpaired) electrons. The van der Waals surface area contributed by atoms with E-state index in [1.54, 1.807) is 12.5 Å². The van der Waals surface area contributed by atoms with Gasteiger partial charge in [0.1, 0.15) is 6.33 Å². The van der Waals surface area contributed by atoms with Gasteiger partial charge in [0, 0.05) is 30.8 Å². The normalized spacial score (nSPS) is 18.2. The second-order valence-corrected chi connectivity index (χ2v) is 6.16. The van der Waals surface area contributed by atoms with Gasteiger partial charge in [0.15, 0.2) is 5.82 Å². The molecule has 0 spiro atoms. The Morgan fingerprint density at radius 1 is 1.08 bits per heavy atom. The minimum Gasteiger partial charge on any atom is -0.342 e. The van der Waals surface area contributed by atoms with Crippen LogP contribution in [0.4, 0.5) is 0 Å². The lowest BCUT2D eigenvalue weighted by Crippen LogP contribution is -2.40. The van der Waals surface area contributed by atoms with Gasteiger partial charge in [0.25, 0.3) is 0 Å². The first-order valence-corrected chi connectivity index (χ1v) is 8.15. The molecule has 0 amide bonds. The van der Waals surface area contributed by atoms with Crippen molar-refractivity contribution in [3.8, 4) is 5.82 Å². The van der Waals surface area contributed by atoms with Gasteiger partial charge in [-0.05, 0) is 31.4 Å². The van der Waals surface area contributed by atoms with Crippen LogP contribution in [-0.2, 0) is 6.54 Å². The van der Waals surface area contributed by atoms with Crippen molar-refractivity contribution in [2.45, 2.75) is 31.8 Å². The average molecular weight is 320 g/mol. The van der Waals surface area contributed by atoms with E-state index in [0.717, 1.165) is 22.9 Å². The Bertz CT molecular complexity index is 770. The quantitative estimate of drug-likeness (QED) is 0.867. The summed E-state index contributed by atoms with van der Waals surface area (Å²) in [5.74, 6) is 0.754. The summed E-state index contributed by atoms with van der Waals surface area (Å²) in [5.41, 5.74) is 2.78. The first kappa shape index (κ1) is 14.7. The zero-order chi connectivity index (χ0) is 16.5. The molecule has 2 aromatic rings. The summed E-state index contributed by atoms with van der Waals surface area (Å²) in [7, 11) is 0. The van der Waals surface area contributed by atoms with Crippen molar-refractivity contribution in [2.24, 2.45) is 0 Å². The van der Waals surface area contributed by atoms with Gasteiger partial charge < -0.3 is 9.80 Å². The summed E-state index contributed by atoms with van der Waals surface area (Å²) < 4.78 is 1.83. The molecule has 0 aromatic carbocycles. The average Bonchev–Trinajstić information content (AvgIpc) is 3.08.